The monoisotopic (exact) mass is 320 g/mol. The maximum atomic E-state index is 12.4. The van der Waals surface area contributed by atoms with Gasteiger partial charge in [-0.15, -0.1) is 11.8 Å². The SMILES string of the molecule is CC(C)[C@H](NC(=O)OCc1ccccc1)C(=O)C1=NCCS1. The topological polar surface area (TPSA) is 67.8 Å². The number of rotatable bonds is 6. The Morgan fingerprint density at radius 3 is 2.64 bits per heavy atom. The van der Waals surface area contributed by atoms with E-state index in [-0.39, 0.29) is 18.3 Å². The van der Waals surface area contributed by atoms with Gasteiger partial charge in [0.05, 0.1) is 0 Å². The van der Waals surface area contributed by atoms with Crippen LogP contribution in [0.4, 0.5) is 4.79 Å². The van der Waals surface area contributed by atoms with Crippen LogP contribution in [0.5, 0.6) is 0 Å². The molecule has 0 radical (unpaired) electrons. The van der Waals surface area contributed by atoms with Crippen molar-refractivity contribution in [3.05, 3.63) is 35.9 Å². The molecule has 1 aliphatic heterocycles. The van der Waals surface area contributed by atoms with Crippen molar-refractivity contribution in [3.8, 4) is 0 Å². The Morgan fingerprint density at radius 2 is 2.05 bits per heavy atom. The van der Waals surface area contributed by atoms with Gasteiger partial charge in [0.1, 0.15) is 17.7 Å². The minimum atomic E-state index is -0.604. The largest absolute Gasteiger partial charge is 0.445 e. The summed E-state index contributed by atoms with van der Waals surface area (Å²) in [5.41, 5.74) is 0.904. The summed E-state index contributed by atoms with van der Waals surface area (Å²) in [4.78, 5) is 28.5. The zero-order valence-electron chi connectivity index (χ0n) is 12.7. The zero-order chi connectivity index (χ0) is 15.9. The standard InChI is InChI=1S/C16H20N2O3S/c1-11(2)13(14(19)15-17-8-9-22-15)18-16(20)21-10-12-6-4-3-5-7-12/h3-7,11,13H,8-10H2,1-2H3,(H,18,20)/t13-/m0/s1. The molecule has 1 amide bonds. The maximum Gasteiger partial charge on any atom is 0.408 e. The fourth-order valence-electron chi connectivity index (χ4n) is 2.04. The summed E-state index contributed by atoms with van der Waals surface area (Å²) in [6, 6.07) is 8.81. The fourth-order valence-corrected chi connectivity index (χ4v) is 2.87. The van der Waals surface area contributed by atoms with Crippen molar-refractivity contribution < 1.29 is 14.3 Å². The van der Waals surface area contributed by atoms with Crippen LogP contribution in [0.2, 0.25) is 0 Å². The summed E-state index contributed by atoms with van der Waals surface area (Å²) in [7, 11) is 0. The van der Waals surface area contributed by atoms with Crippen LogP contribution in [0.15, 0.2) is 35.3 Å². The number of carbonyl (C=O) groups is 2. The number of benzene rings is 1. The van der Waals surface area contributed by atoms with Crippen LogP contribution in [-0.4, -0.2) is 35.3 Å². The maximum absolute atomic E-state index is 12.4. The van der Waals surface area contributed by atoms with E-state index in [2.05, 4.69) is 10.3 Å². The van der Waals surface area contributed by atoms with Crippen molar-refractivity contribution >= 4 is 28.7 Å². The molecule has 1 aromatic rings. The lowest BCUT2D eigenvalue weighted by molar-refractivity contribution is -0.115. The van der Waals surface area contributed by atoms with E-state index in [1.165, 1.54) is 11.8 Å². The number of nitrogens with zero attached hydrogens (tertiary/aromatic N) is 1. The minimum absolute atomic E-state index is 0.0272. The lowest BCUT2D eigenvalue weighted by Gasteiger charge is -2.20. The molecule has 0 aliphatic carbocycles. The molecule has 0 aromatic heterocycles. The molecule has 0 saturated carbocycles. The van der Waals surface area contributed by atoms with E-state index in [4.69, 9.17) is 4.74 Å². The Bertz CT molecular complexity index is 558. The van der Waals surface area contributed by atoms with Crippen LogP contribution in [0, 0.1) is 5.92 Å². The highest BCUT2D eigenvalue weighted by Crippen LogP contribution is 2.16. The first-order valence-corrected chi connectivity index (χ1v) is 8.25. The summed E-state index contributed by atoms with van der Waals surface area (Å²) >= 11 is 1.44. The molecule has 6 heteroatoms. The molecule has 0 bridgehead atoms. The molecule has 1 aliphatic rings. The molecule has 1 aromatic carbocycles. The molecule has 0 fully saturated rings. The van der Waals surface area contributed by atoms with Gasteiger partial charge in [0.15, 0.2) is 0 Å². The number of amides is 1. The van der Waals surface area contributed by atoms with Gasteiger partial charge in [-0.05, 0) is 11.5 Å². The Kier molecular flexibility index (Phi) is 6.00. The summed E-state index contributed by atoms with van der Waals surface area (Å²) in [5.74, 6) is 0.666. The average Bonchev–Trinajstić information content (AvgIpc) is 3.05. The molecule has 0 spiro atoms. The van der Waals surface area contributed by atoms with Crippen LogP contribution in [0.1, 0.15) is 19.4 Å². The van der Waals surface area contributed by atoms with Crippen molar-refractivity contribution in [1.82, 2.24) is 5.32 Å². The third-order valence-corrected chi connectivity index (χ3v) is 4.22. The van der Waals surface area contributed by atoms with Gasteiger partial charge in [-0.3, -0.25) is 9.79 Å². The predicted molar refractivity (Wildman–Crippen MR) is 88.2 cm³/mol. The Morgan fingerprint density at radius 1 is 1.32 bits per heavy atom. The fraction of sp³-hybridized carbons (Fsp3) is 0.438. The highest BCUT2D eigenvalue weighted by molar-refractivity contribution is 8.16. The molecular weight excluding hydrogens is 300 g/mol. The van der Waals surface area contributed by atoms with Gasteiger partial charge in [-0.2, -0.15) is 0 Å². The van der Waals surface area contributed by atoms with Crippen molar-refractivity contribution in [2.75, 3.05) is 12.3 Å². The highest BCUT2D eigenvalue weighted by atomic mass is 32.2. The van der Waals surface area contributed by atoms with Crippen LogP contribution < -0.4 is 5.32 Å². The first kappa shape index (κ1) is 16.5. The van der Waals surface area contributed by atoms with Gasteiger partial charge >= 0.3 is 6.09 Å². The van der Waals surface area contributed by atoms with Crippen molar-refractivity contribution in [2.45, 2.75) is 26.5 Å². The van der Waals surface area contributed by atoms with E-state index in [1.807, 2.05) is 44.2 Å². The molecule has 0 unspecified atom stereocenters. The second kappa shape index (κ2) is 7.98. The van der Waals surface area contributed by atoms with Crippen molar-refractivity contribution in [2.24, 2.45) is 10.9 Å². The van der Waals surface area contributed by atoms with Crippen LogP contribution in [0.25, 0.3) is 0 Å². The summed E-state index contributed by atoms with van der Waals surface area (Å²) < 4.78 is 5.17. The number of ether oxygens (including phenoxy) is 1. The molecule has 22 heavy (non-hydrogen) atoms. The number of carbonyl (C=O) groups excluding carboxylic acids is 2. The molecular formula is C16H20N2O3S. The van der Waals surface area contributed by atoms with Crippen molar-refractivity contribution in [3.63, 3.8) is 0 Å². The Labute approximate surface area is 134 Å². The first-order valence-electron chi connectivity index (χ1n) is 7.26. The third-order valence-electron chi connectivity index (χ3n) is 3.23. The minimum Gasteiger partial charge on any atom is -0.445 e. The number of alkyl carbamates (subject to hydrolysis) is 1. The van der Waals surface area contributed by atoms with E-state index in [0.717, 1.165) is 11.3 Å². The average molecular weight is 320 g/mol. The third kappa shape index (κ3) is 4.59. The van der Waals surface area contributed by atoms with E-state index in [1.54, 1.807) is 0 Å². The number of aliphatic imine (C=N–C) groups is 1. The normalized spacial score (nSPS) is 15.3. The number of thioether (sulfide) groups is 1. The molecule has 1 heterocycles. The Hall–Kier alpha value is -1.82. The van der Waals surface area contributed by atoms with E-state index >= 15 is 0 Å². The van der Waals surface area contributed by atoms with Crippen LogP contribution >= 0.6 is 11.8 Å². The number of nitrogens with one attached hydrogen (secondary N) is 1. The molecule has 1 N–H and O–H groups in total. The van der Waals surface area contributed by atoms with E-state index in [0.29, 0.717) is 11.6 Å². The van der Waals surface area contributed by atoms with Crippen LogP contribution in [-0.2, 0) is 16.1 Å². The van der Waals surface area contributed by atoms with Crippen LogP contribution in [0.3, 0.4) is 0 Å². The molecule has 1 atom stereocenters. The van der Waals surface area contributed by atoms with Gasteiger partial charge in [0.2, 0.25) is 5.78 Å². The molecule has 5 nitrogen and oxygen atoms in total. The first-order chi connectivity index (χ1) is 10.6. The second-order valence-electron chi connectivity index (χ2n) is 5.33. The van der Waals surface area contributed by atoms with Gasteiger partial charge in [0.25, 0.3) is 0 Å². The Balaban J connectivity index is 1.90. The molecule has 118 valence electrons. The second-order valence-corrected chi connectivity index (χ2v) is 6.41. The van der Waals surface area contributed by atoms with Crippen molar-refractivity contribution in [1.29, 1.82) is 0 Å². The highest BCUT2D eigenvalue weighted by Gasteiger charge is 2.29. The number of ketones is 1. The number of hydrogen-bond acceptors (Lipinski definition) is 5. The summed E-state index contributed by atoms with van der Waals surface area (Å²) in [6.45, 7) is 4.62. The lowest BCUT2D eigenvalue weighted by atomic mass is 10.0. The summed E-state index contributed by atoms with van der Waals surface area (Å²) in [5, 5.41) is 3.16. The number of hydrogen-bond donors (Lipinski definition) is 1. The van der Waals surface area contributed by atoms with E-state index < -0.39 is 12.1 Å². The molecule has 2 rings (SSSR count). The lowest BCUT2D eigenvalue weighted by Crippen LogP contribution is -2.46. The van der Waals surface area contributed by atoms with Gasteiger partial charge < -0.3 is 10.1 Å². The predicted octanol–water partition coefficient (Wildman–Crippen LogP) is 2.65. The zero-order valence-corrected chi connectivity index (χ0v) is 13.6. The van der Waals surface area contributed by atoms with Gasteiger partial charge in [0, 0.05) is 12.3 Å². The smallest absolute Gasteiger partial charge is 0.408 e. The molecule has 0 saturated heterocycles. The van der Waals surface area contributed by atoms with Gasteiger partial charge in [-0.25, -0.2) is 4.79 Å². The van der Waals surface area contributed by atoms with Gasteiger partial charge in [-0.1, -0.05) is 44.2 Å². The summed E-state index contributed by atoms with van der Waals surface area (Å²) in [6.07, 6.45) is -0.584. The van der Waals surface area contributed by atoms with E-state index in [9.17, 15) is 9.59 Å². The quantitative estimate of drug-likeness (QED) is 0.875. The number of Topliss-reactive ketones (excluding diaryl/α,β-unsaturated/α-hetero) is 1.